The molecule has 236 valence electrons. The molecule has 2 aliphatic heterocycles. The predicted molar refractivity (Wildman–Crippen MR) is 161 cm³/mol. The van der Waals surface area contributed by atoms with Crippen molar-refractivity contribution >= 4 is 0 Å². The maximum Gasteiger partial charge on any atom is 0.416 e. The average molecular weight is 623 g/mol. The molecule has 1 spiro atoms. The van der Waals surface area contributed by atoms with Crippen LogP contribution in [-0.2, 0) is 42.6 Å². The van der Waals surface area contributed by atoms with Crippen molar-refractivity contribution < 1.29 is 22.3 Å². The second-order valence-electron chi connectivity index (χ2n) is 11.7. The Bertz CT molecular complexity index is 1780. The molecular weight excluding hydrogens is 588 g/mol. The first kappa shape index (κ1) is 30.9. The van der Waals surface area contributed by atoms with Gasteiger partial charge in [0.1, 0.15) is 11.4 Å². The third-order valence-electron chi connectivity index (χ3n) is 9.05. The number of nitrogens with zero attached hydrogens (tertiary/aromatic N) is 3. The lowest BCUT2D eigenvalue weighted by molar-refractivity contribution is -0.138. The van der Waals surface area contributed by atoms with Crippen LogP contribution >= 0.6 is 0 Å². The van der Waals surface area contributed by atoms with Crippen LogP contribution in [0.15, 0.2) is 88.5 Å². The lowest BCUT2D eigenvalue weighted by atomic mass is 9.85. The first-order valence-corrected chi connectivity index (χ1v) is 15.0. The second-order valence-corrected chi connectivity index (χ2v) is 11.7. The molecule has 7 nitrogen and oxygen atoms in total. The van der Waals surface area contributed by atoms with E-state index in [1.54, 1.807) is 24.3 Å². The number of hydrogen-bond donors (Lipinski definition) is 1. The van der Waals surface area contributed by atoms with Crippen molar-refractivity contribution in [1.29, 1.82) is 0 Å². The summed E-state index contributed by atoms with van der Waals surface area (Å²) in [7, 11) is 0. The first-order chi connectivity index (χ1) is 21.6. The zero-order valence-corrected chi connectivity index (χ0v) is 24.6. The normalized spacial score (nSPS) is 17.0. The summed E-state index contributed by atoms with van der Waals surface area (Å²) in [6.07, 6.45) is -3.07. The van der Waals surface area contributed by atoms with E-state index in [1.807, 2.05) is 24.3 Å². The van der Waals surface area contributed by atoms with Crippen molar-refractivity contribution in [3.05, 3.63) is 139 Å². The summed E-state index contributed by atoms with van der Waals surface area (Å²) in [5, 5.41) is 0. The lowest BCUT2D eigenvalue weighted by Gasteiger charge is -2.39. The number of fused-ring (bicyclic) bond motifs is 2. The number of rotatable bonds is 8. The summed E-state index contributed by atoms with van der Waals surface area (Å²) >= 11 is 0. The molecule has 0 radical (unpaired) electrons. The predicted octanol–water partition coefficient (Wildman–Crippen LogP) is 4.98. The van der Waals surface area contributed by atoms with Crippen LogP contribution in [0.1, 0.15) is 52.4 Å². The number of benzene rings is 3. The van der Waals surface area contributed by atoms with Gasteiger partial charge in [-0.25, -0.2) is 9.18 Å². The average Bonchev–Trinajstić information content (AvgIpc) is 3.40. The fourth-order valence-electron chi connectivity index (χ4n) is 6.56. The molecule has 3 aromatic carbocycles. The number of likely N-dealkylation sites (tertiary alicyclic amines) is 1. The number of piperidine rings is 1. The quantitative estimate of drug-likeness (QED) is 0.281. The van der Waals surface area contributed by atoms with Gasteiger partial charge in [-0.1, -0.05) is 66.7 Å². The molecule has 0 bridgehead atoms. The van der Waals surface area contributed by atoms with E-state index in [-0.39, 0.29) is 24.4 Å². The van der Waals surface area contributed by atoms with Crippen LogP contribution < -0.4 is 17.0 Å². The molecule has 0 aliphatic carbocycles. The van der Waals surface area contributed by atoms with E-state index in [4.69, 9.17) is 10.5 Å². The van der Waals surface area contributed by atoms with Crippen molar-refractivity contribution in [2.75, 3.05) is 19.6 Å². The molecule has 4 aromatic rings. The topological polar surface area (TPSA) is 82.5 Å². The van der Waals surface area contributed by atoms with E-state index in [1.165, 1.54) is 5.56 Å². The second kappa shape index (κ2) is 12.4. The molecule has 2 aliphatic rings. The molecule has 45 heavy (non-hydrogen) atoms. The summed E-state index contributed by atoms with van der Waals surface area (Å²) in [6, 6.07) is 21.0. The Hall–Kier alpha value is -4.06. The Kier molecular flexibility index (Phi) is 8.51. The van der Waals surface area contributed by atoms with Gasteiger partial charge in [0.2, 0.25) is 0 Å². The van der Waals surface area contributed by atoms with Crippen LogP contribution in [-0.4, -0.2) is 33.7 Å². The van der Waals surface area contributed by atoms with Gasteiger partial charge in [-0.05, 0) is 42.5 Å². The number of aromatic nitrogens is 2. The van der Waals surface area contributed by atoms with Gasteiger partial charge in [-0.2, -0.15) is 13.2 Å². The van der Waals surface area contributed by atoms with E-state index < -0.39 is 52.6 Å². The number of hydrogen-bond acceptors (Lipinski definition) is 5. The molecular formula is C34H34F4N4O3. The third kappa shape index (κ3) is 6.12. The van der Waals surface area contributed by atoms with Crippen molar-refractivity contribution in [3.8, 4) is 0 Å². The van der Waals surface area contributed by atoms with Gasteiger partial charge >= 0.3 is 11.9 Å². The van der Waals surface area contributed by atoms with E-state index in [9.17, 15) is 22.8 Å². The molecule has 1 atom stereocenters. The zero-order valence-electron chi connectivity index (χ0n) is 24.6. The van der Waals surface area contributed by atoms with Gasteiger partial charge in [-0.15, -0.1) is 0 Å². The molecule has 2 N–H and O–H groups in total. The van der Waals surface area contributed by atoms with Crippen LogP contribution in [0.5, 0.6) is 0 Å². The van der Waals surface area contributed by atoms with Crippen molar-refractivity contribution in [2.24, 2.45) is 5.73 Å². The van der Waals surface area contributed by atoms with Crippen LogP contribution in [0, 0.1) is 5.82 Å². The highest BCUT2D eigenvalue weighted by Gasteiger charge is 2.47. The van der Waals surface area contributed by atoms with Gasteiger partial charge in [-0.3, -0.25) is 13.9 Å². The maximum absolute atomic E-state index is 15.0. The number of halogens is 4. The highest BCUT2D eigenvalue weighted by atomic mass is 19.4. The summed E-state index contributed by atoms with van der Waals surface area (Å²) in [5.41, 5.74) is 4.45. The monoisotopic (exact) mass is 622 g/mol. The first-order valence-electron chi connectivity index (χ1n) is 15.0. The fourth-order valence-corrected chi connectivity index (χ4v) is 6.56. The van der Waals surface area contributed by atoms with Crippen molar-refractivity contribution in [2.45, 2.75) is 56.8 Å². The van der Waals surface area contributed by atoms with E-state index >= 15 is 4.39 Å². The highest BCUT2D eigenvalue weighted by molar-refractivity contribution is 5.35. The van der Waals surface area contributed by atoms with Crippen LogP contribution in [0.3, 0.4) is 0 Å². The molecule has 6 rings (SSSR count). The number of nitrogens with two attached hydrogens (primary N) is 1. The molecule has 1 saturated heterocycles. The molecule has 1 aromatic heterocycles. The largest absolute Gasteiger partial charge is 0.416 e. The number of alkyl halides is 3. The smallest absolute Gasteiger partial charge is 0.364 e. The van der Waals surface area contributed by atoms with Crippen LogP contribution in [0.2, 0.25) is 0 Å². The van der Waals surface area contributed by atoms with Gasteiger partial charge in [0.25, 0.3) is 5.56 Å². The van der Waals surface area contributed by atoms with Crippen molar-refractivity contribution in [1.82, 2.24) is 14.0 Å². The van der Waals surface area contributed by atoms with Gasteiger partial charge in [0.15, 0.2) is 0 Å². The minimum Gasteiger partial charge on any atom is -0.364 e. The Morgan fingerprint density at radius 1 is 0.889 bits per heavy atom. The molecule has 0 saturated carbocycles. The van der Waals surface area contributed by atoms with E-state index in [0.29, 0.717) is 31.5 Å². The Balaban J connectivity index is 1.39. The Labute approximate surface area is 257 Å². The fraction of sp³-hybridized carbons (Fsp3) is 0.353. The SMILES string of the molecule is NC(Cn1c(=O)c2c(n(Cc3c(F)cccc3C(F)(F)F)c1=O)COC21CCN(CCc2ccccc2)CC1)c1ccccc1. The molecule has 0 amide bonds. The summed E-state index contributed by atoms with van der Waals surface area (Å²) in [5.74, 6) is -1.09. The standard InChI is InChI=1S/C34H34F4N4O3/c35-27-13-7-12-26(34(36,37)38)25(27)20-41-29-22-45-33(15-18-40(19-16-33)17-14-23-8-3-1-4-9-23)30(29)31(43)42(32(41)44)21-28(39)24-10-5-2-6-11-24/h1-13,28H,14-22,39H2. The summed E-state index contributed by atoms with van der Waals surface area (Å²) in [6.45, 7) is 0.991. The van der Waals surface area contributed by atoms with Gasteiger partial charge in [0, 0.05) is 31.2 Å². The van der Waals surface area contributed by atoms with Crippen LogP contribution in [0.25, 0.3) is 0 Å². The molecule has 3 heterocycles. The van der Waals surface area contributed by atoms with E-state index in [0.717, 1.165) is 40.3 Å². The lowest BCUT2D eigenvalue weighted by Crippen LogP contribution is -2.50. The third-order valence-corrected chi connectivity index (χ3v) is 9.05. The summed E-state index contributed by atoms with van der Waals surface area (Å²) in [4.78, 5) is 30.4. The molecule has 11 heteroatoms. The molecule has 1 fully saturated rings. The highest BCUT2D eigenvalue weighted by Crippen LogP contribution is 2.42. The Morgan fingerprint density at radius 3 is 2.22 bits per heavy atom. The minimum absolute atomic E-state index is 0.148. The Morgan fingerprint density at radius 2 is 1.56 bits per heavy atom. The van der Waals surface area contributed by atoms with Gasteiger partial charge in [0.05, 0.1) is 36.5 Å². The van der Waals surface area contributed by atoms with Crippen molar-refractivity contribution in [3.63, 3.8) is 0 Å². The minimum atomic E-state index is -4.85. The summed E-state index contributed by atoms with van der Waals surface area (Å²) < 4.78 is 65.2. The molecule has 1 unspecified atom stereocenters. The van der Waals surface area contributed by atoms with Crippen LogP contribution in [0.4, 0.5) is 17.6 Å². The zero-order chi connectivity index (χ0) is 31.8. The number of ether oxygens (including phenoxy) is 1. The maximum atomic E-state index is 15.0. The van der Waals surface area contributed by atoms with E-state index in [2.05, 4.69) is 17.0 Å². The van der Waals surface area contributed by atoms with Gasteiger partial charge < -0.3 is 15.4 Å².